The molecule has 1 atom stereocenters. The maximum atomic E-state index is 13.8. The van der Waals surface area contributed by atoms with Gasteiger partial charge in [-0.3, -0.25) is 9.59 Å². The number of rotatable bonds is 12. The molecular formula is C29H36N2O6. The Labute approximate surface area is 217 Å². The summed E-state index contributed by atoms with van der Waals surface area (Å²) in [5.41, 5.74) is 1.26. The molecule has 0 saturated carbocycles. The summed E-state index contributed by atoms with van der Waals surface area (Å²) in [7, 11) is 1.58. The number of methoxy groups -OCH3 is 1. The van der Waals surface area contributed by atoms with Crippen LogP contribution in [0.25, 0.3) is 11.0 Å². The molecule has 0 spiro atoms. The molecule has 1 aliphatic rings. The lowest BCUT2D eigenvalue weighted by molar-refractivity contribution is 0.0720. The standard InChI is InChI=1S/C29H36N2O6/c1-6-30(7-2)15-10-16-31-26(19-11-14-22(36-9-4)24(17-19)34-5)25-27(32)21-13-12-20(35-8-3)18-23(21)37-28(25)29(31)33/h11-14,17-18,26H,6-10,15-16H2,1-5H3. The highest BCUT2D eigenvalue weighted by Crippen LogP contribution is 2.41. The maximum Gasteiger partial charge on any atom is 0.290 e. The van der Waals surface area contributed by atoms with Crippen LogP contribution >= 0.6 is 0 Å². The van der Waals surface area contributed by atoms with Gasteiger partial charge in [-0.2, -0.15) is 0 Å². The van der Waals surface area contributed by atoms with Gasteiger partial charge in [0.05, 0.1) is 37.3 Å². The van der Waals surface area contributed by atoms with Crippen molar-refractivity contribution >= 4 is 16.9 Å². The third-order valence-electron chi connectivity index (χ3n) is 6.82. The quantitative estimate of drug-likeness (QED) is 0.345. The first-order chi connectivity index (χ1) is 18.0. The van der Waals surface area contributed by atoms with Crippen molar-refractivity contribution in [2.24, 2.45) is 0 Å². The summed E-state index contributed by atoms with van der Waals surface area (Å²) in [4.78, 5) is 31.6. The number of carbonyl (C=O) groups excluding carboxylic acids is 1. The van der Waals surface area contributed by atoms with Gasteiger partial charge in [-0.05, 0) is 69.7 Å². The summed E-state index contributed by atoms with van der Waals surface area (Å²) in [6.07, 6.45) is 0.772. The number of amides is 1. The molecule has 0 aliphatic carbocycles. The molecule has 1 aliphatic heterocycles. The Hall–Kier alpha value is -3.52. The van der Waals surface area contributed by atoms with Gasteiger partial charge >= 0.3 is 0 Å². The molecule has 2 aromatic carbocycles. The summed E-state index contributed by atoms with van der Waals surface area (Å²) in [6, 6.07) is 10.1. The number of nitrogens with zero attached hydrogens (tertiary/aromatic N) is 2. The second kappa shape index (κ2) is 11.7. The third kappa shape index (κ3) is 5.16. The van der Waals surface area contributed by atoms with Crippen LogP contribution in [0.1, 0.15) is 61.8 Å². The molecule has 0 fully saturated rings. The van der Waals surface area contributed by atoms with Gasteiger partial charge in [0, 0.05) is 12.6 Å². The van der Waals surface area contributed by atoms with Crippen LogP contribution in [-0.2, 0) is 0 Å². The average molecular weight is 509 g/mol. The average Bonchev–Trinajstić information content (AvgIpc) is 3.18. The van der Waals surface area contributed by atoms with Gasteiger partial charge in [0.1, 0.15) is 11.3 Å². The first-order valence-electron chi connectivity index (χ1n) is 13.0. The van der Waals surface area contributed by atoms with Crippen LogP contribution in [0, 0.1) is 0 Å². The van der Waals surface area contributed by atoms with E-state index in [1.54, 1.807) is 30.2 Å². The largest absolute Gasteiger partial charge is 0.494 e. The van der Waals surface area contributed by atoms with E-state index in [4.69, 9.17) is 18.6 Å². The Morgan fingerprint density at radius 1 is 0.946 bits per heavy atom. The van der Waals surface area contributed by atoms with E-state index in [2.05, 4.69) is 18.7 Å². The SMILES string of the molecule is CCOc1ccc2c(=O)c3c(oc2c1)C(=O)N(CCCN(CC)CC)C3c1ccc(OCC)c(OC)c1. The monoisotopic (exact) mass is 508 g/mol. The zero-order valence-corrected chi connectivity index (χ0v) is 22.3. The van der Waals surface area contributed by atoms with Crippen LogP contribution in [0.5, 0.6) is 17.2 Å². The van der Waals surface area contributed by atoms with Crippen molar-refractivity contribution in [1.82, 2.24) is 9.80 Å². The molecule has 8 heteroatoms. The summed E-state index contributed by atoms with van der Waals surface area (Å²) < 4.78 is 23.0. The Bertz CT molecular complexity index is 1310. The van der Waals surface area contributed by atoms with Crippen LogP contribution in [0.2, 0.25) is 0 Å². The molecule has 1 amide bonds. The smallest absolute Gasteiger partial charge is 0.290 e. The van der Waals surface area contributed by atoms with Gasteiger partial charge in [0.2, 0.25) is 5.76 Å². The highest BCUT2D eigenvalue weighted by molar-refractivity contribution is 5.99. The number of carbonyl (C=O) groups is 1. The minimum atomic E-state index is -0.587. The zero-order chi connectivity index (χ0) is 26.5. The molecule has 0 N–H and O–H groups in total. The van der Waals surface area contributed by atoms with E-state index >= 15 is 0 Å². The fourth-order valence-electron chi connectivity index (χ4n) is 4.97. The van der Waals surface area contributed by atoms with Crippen molar-refractivity contribution in [2.75, 3.05) is 46.5 Å². The summed E-state index contributed by atoms with van der Waals surface area (Å²) in [5, 5.41) is 0.419. The fourth-order valence-corrected chi connectivity index (χ4v) is 4.97. The topological polar surface area (TPSA) is 81.5 Å². The molecule has 4 rings (SSSR count). The molecule has 0 radical (unpaired) electrons. The zero-order valence-electron chi connectivity index (χ0n) is 22.3. The van der Waals surface area contributed by atoms with Crippen molar-refractivity contribution in [3.8, 4) is 17.2 Å². The van der Waals surface area contributed by atoms with Crippen LogP contribution in [0.15, 0.2) is 45.6 Å². The van der Waals surface area contributed by atoms with E-state index in [-0.39, 0.29) is 17.1 Å². The Kier molecular flexibility index (Phi) is 8.38. The molecule has 1 unspecified atom stereocenters. The van der Waals surface area contributed by atoms with Gasteiger partial charge in [0.15, 0.2) is 16.9 Å². The minimum absolute atomic E-state index is 0.0897. The molecule has 1 aromatic heterocycles. The second-order valence-electron chi connectivity index (χ2n) is 8.89. The van der Waals surface area contributed by atoms with Crippen molar-refractivity contribution in [3.05, 3.63) is 63.5 Å². The number of benzene rings is 2. The summed E-state index contributed by atoms with van der Waals surface area (Å²) in [5.74, 6) is 1.56. The van der Waals surface area contributed by atoms with Gasteiger partial charge in [0.25, 0.3) is 5.91 Å². The molecule has 0 saturated heterocycles. The van der Waals surface area contributed by atoms with E-state index in [0.717, 1.165) is 31.6 Å². The molecule has 0 bridgehead atoms. The minimum Gasteiger partial charge on any atom is -0.494 e. The van der Waals surface area contributed by atoms with E-state index in [1.807, 2.05) is 32.0 Å². The molecule has 3 aromatic rings. The molecule has 37 heavy (non-hydrogen) atoms. The highest BCUT2D eigenvalue weighted by atomic mass is 16.5. The van der Waals surface area contributed by atoms with Crippen molar-refractivity contribution in [3.63, 3.8) is 0 Å². The maximum absolute atomic E-state index is 13.8. The van der Waals surface area contributed by atoms with Gasteiger partial charge in [-0.1, -0.05) is 19.9 Å². The first kappa shape index (κ1) is 26.5. The molecule has 2 heterocycles. The van der Waals surface area contributed by atoms with Crippen LogP contribution in [0.3, 0.4) is 0 Å². The Balaban J connectivity index is 1.82. The van der Waals surface area contributed by atoms with Crippen molar-refractivity contribution in [2.45, 2.75) is 40.2 Å². The number of hydrogen-bond acceptors (Lipinski definition) is 7. The van der Waals surface area contributed by atoms with Crippen molar-refractivity contribution in [1.29, 1.82) is 0 Å². The third-order valence-corrected chi connectivity index (χ3v) is 6.82. The number of hydrogen-bond donors (Lipinski definition) is 0. The van der Waals surface area contributed by atoms with E-state index in [9.17, 15) is 9.59 Å². The lowest BCUT2D eigenvalue weighted by atomic mass is 9.98. The van der Waals surface area contributed by atoms with Gasteiger partial charge in [-0.15, -0.1) is 0 Å². The van der Waals surface area contributed by atoms with Crippen LogP contribution < -0.4 is 19.6 Å². The normalized spacial score (nSPS) is 14.9. The molecular weight excluding hydrogens is 472 g/mol. The predicted molar refractivity (Wildman–Crippen MR) is 143 cm³/mol. The Morgan fingerprint density at radius 3 is 2.38 bits per heavy atom. The second-order valence-corrected chi connectivity index (χ2v) is 8.89. The lowest BCUT2D eigenvalue weighted by Crippen LogP contribution is -2.33. The molecule has 198 valence electrons. The highest BCUT2D eigenvalue weighted by Gasteiger charge is 2.42. The van der Waals surface area contributed by atoms with Crippen molar-refractivity contribution < 1.29 is 23.4 Å². The summed E-state index contributed by atoms with van der Waals surface area (Å²) in [6.45, 7) is 12.3. The lowest BCUT2D eigenvalue weighted by Gasteiger charge is -2.27. The number of fused-ring (bicyclic) bond motifs is 2. The van der Waals surface area contributed by atoms with Crippen LogP contribution in [-0.4, -0.2) is 62.2 Å². The van der Waals surface area contributed by atoms with E-state index in [1.165, 1.54) is 0 Å². The van der Waals surface area contributed by atoms with Crippen LogP contribution in [0.4, 0.5) is 0 Å². The summed E-state index contributed by atoms with van der Waals surface area (Å²) >= 11 is 0. The number of ether oxygens (including phenoxy) is 3. The van der Waals surface area contributed by atoms with E-state index < -0.39 is 6.04 Å². The van der Waals surface area contributed by atoms with E-state index in [0.29, 0.717) is 53.5 Å². The molecule has 8 nitrogen and oxygen atoms in total. The van der Waals surface area contributed by atoms with Gasteiger partial charge < -0.3 is 28.4 Å². The predicted octanol–water partition coefficient (Wildman–Crippen LogP) is 4.88. The Morgan fingerprint density at radius 2 is 1.70 bits per heavy atom. The first-order valence-corrected chi connectivity index (χ1v) is 13.0. The fraction of sp³-hybridized carbons (Fsp3) is 0.448. The van der Waals surface area contributed by atoms with Gasteiger partial charge in [-0.25, -0.2) is 0 Å².